The van der Waals surface area contributed by atoms with Crippen molar-refractivity contribution in [3.63, 3.8) is 0 Å². The number of aromatic nitrogens is 2. The van der Waals surface area contributed by atoms with Crippen molar-refractivity contribution in [1.82, 2.24) is 9.97 Å². The van der Waals surface area contributed by atoms with Gasteiger partial charge in [0.25, 0.3) is 0 Å². The third kappa shape index (κ3) is 3.18. The van der Waals surface area contributed by atoms with Gasteiger partial charge >= 0.3 is 0 Å². The Bertz CT molecular complexity index is 445. The first kappa shape index (κ1) is 11.4. The molecule has 0 aliphatic heterocycles. The van der Waals surface area contributed by atoms with Crippen molar-refractivity contribution in [1.29, 1.82) is 0 Å². The fourth-order valence-corrected chi connectivity index (χ4v) is 1.86. The van der Waals surface area contributed by atoms with E-state index in [1.807, 2.05) is 18.3 Å². The van der Waals surface area contributed by atoms with Crippen LogP contribution >= 0.6 is 27.5 Å². The summed E-state index contributed by atoms with van der Waals surface area (Å²) in [6.07, 6.45) is 5.25. The molecule has 0 amide bonds. The number of hydrogen-bond donors (Lipinski definition) is 1. The molecule has 0 saturated carbocycles. The zero-order chi connectivity index (χ0) is 11.4. The molecule has 1 N–H and O–H groups in total. The van der Waals surface area contributed by atoms with Gasteiger partial charge in [-0.2, -0.15) is 0 Å². The SMILES string of the molecule is Clc1cc(NCc2cncc(Br)c2)ccn1. The molecule has 2 heterocycles. The second kappa shape index (κ2) is 5.27. The van der Waals surface area contributed by atoms with Gasteiger partial charge < -0.3 is 5.32 Å². The molecule has 0 radical (unpaired) electrons. The van der Waals surface area contributed by atoms with E-state index in [2.05, 4.69) is 31.2 Å². The van der Waals surface area contributed by atoms with Crippen molar-refractivity contribution < 1.29 is 0 Å². The Balaban J connectivity index is 2.02. The molecule has 0 fully saturated rings. The summed E-state index contributed by atoms with van der Waals surface area (Å²) in [5.41, 5.74) is 2.04. The van der Waals surface area contributed by atoms with Gasteiger partial charge in [-0.05, 0) is 39.7 Å². The largest absolute Gasteiger partial charge is 0.381 e. The first-order valence-corrected chi connectivity index (χ1v) is 5.86. The highest BCUT2D eigenvalue weighted by molar-refractivity contribution is 9.10. The Kier molecular flexibility index (Phi) is 3.74. The number of nitrogens with one attached hydrogen (secondary N) is 1. The molecule has 3 nitrogen and oxygen atoms in total. The molecule has 0 bridgehead atoms. The summed E-state index contributed by atoms with van der Waals surface area (Å²) in [6.45, 7) is 0.701. The maximum absolute atomic E-state index is 5.78. The van der Waals surface area contributed by atoms with E-state index < -0.39 is 0 Å². The quantitative estimate of drug-likeness (QED) is 0.881. The van der Waals surface area contributed by atoms with Gasteiger partial charge in [-0.15, -0.1) is 0 Å². The van der Waals surface area contributed by atoms with Crippen LogP contribution in [0.2, 0.25) is 5.15 Å². The second-order valence-corrected chi connectivity index (χ2v) is 4.54. The average Bonchev–Trinajstić information content (AvgIpc) is 2.27. The van der Waals surface area contributed by atoms with Crippen molar-refractivity contribution >= 4 is 33.2 Å². The molecule has 0 saturated heterocycles. The van der Waals surface area contributed by atoms with Gasteiger partial charge in [-0.25, -0.2) is 4.98 Å². The fraction of sp³-hybridized carbons (Fsp3) is 0.0909. The maximum atomic E-state index is 5.78. The predicted molar refractivity (Wildman–Crippen MR) is 68.5 cm³/mol. The van der Waals surface area contributed by atoms with Gasteiger partial charge in [-0.3, -0.25) is 4.98 Å². The van der Waals surface area contributed by atoms with Gasteiger partial charge in [0, 0.05) is 35.3 Å². The Morgan fingerprint density at radius 2 is 2.19 bits per heavy atom. The summed E-state index contributed by atoms with van der Waals surface area (Å²) in [7, 11) is 0. The molecule has 0 atom stereocenters. The van der Waals surface area contributed by atoms with E-state index in [1.165, 1.54) is 0 Å². The molecular formula is C11H9BrClN3. The lowest BCUT2D eigenvalue weighted by atomic mass is 10.3. The van der Waals surface area contributed by atoms with Crippen LogP contribution in [0.1, 0.15) is 5.56 Å². The highest BCUT2D eigenvalue weighted by Crippen LogP contribution is 2.14. The first-order chi connectivity index (χ1) is 7.74. The van der Waals surface area contributed by atoms with E-state index in [4.69, 9.17) is 11.6 Å². The van der Waals surface area contributed by atoms with Crippen LogP contribution in [0.5, 0.6) is 0 Å². The van der Waals surface area contributed by atoms with Crippen LogP contribution in [0.15, 0.2) is 41.3 Å². The summed E-state index contributed by atoms with van der Waals surface area (Å²) in [4.78, 5) is 8.00. The van der Waals surface area contributed by atoms with E-state index in [-0.39, 0.29) is 0 Å². The molecule has 0 aliphatic rings. The van der Waals surface area contributed by atoms with E-state index in [1.54, 1.807) is 18.5 Å². The zero-order valence-corrected chi connectivity index (χ0v) is 10.7. The smallest absolute Gasteiger partial charge is 0.131 e. The second-order valence-electron chi connectivity index (χ2n) is 3.23. The molecule has 2 aromatic heterocycles. The third-order valence-electron chi connectivity index (χ3n) is 1.98. The van der Waals surface area contributed by atoms with Crippen LogP contribution in [0.3, 0.4) is 0 Å². The van der Waals surface area contributed by atoms with Crippen LogP contribution < -0.4 is 5.32 Å². The van der Waals surface area contributed by atoms with Gasteiger partial charge in [0.05, 0.1) is 0 Å². The molecule has 0 aliphatic carbocycles. The predicted octanol–water partition coefficient (Wildman–Crippen LogP) is 3.50. The summed E-state index contributed by atoms with van der Waals surface area (Å²) in [6, 6.07) is 5.67. The fourth-order valence-electron chi connectivity index (χ4n) is 1.27. The molecule has 0 aromatic carbocycles. The van der Waals surface area contributed by atoms with Crippen LogP contribution in [0.25, 0.3) is 0 Å². The highest BCUT2D eigenvalue weighted by atomic mass is 79.9. The number of hydrogen-bond acceptors (Lipinski definition) is 3. The Morgan fingerprint density at radius 1 is 1.31 bits per heavy atom. The van der Waals surface area contributed by atoms with Gasteiger partial charge in [0.1, 0.15) is 5.15 Å². The van der Waals surface area contributed by atoms with Gasteiger partial charge in [-0.1, -0.05) is 11.6 Å². The lowest BCUT2D eigenvalue weighted by Crippen LogP contribution is -1.99. The van der Waals surface area contributed by atoms with Crippen molar-refractivity contribution in [2.45, 2.75) is 6.54 Å². The molecular weight excluding hydrogens is 289 g/mol. The summed E-state index contributed by atoms with van der Waals surface area (Å²) < 4.78 is 0.972. The van der Waals surface area contributed by atoms with E-state index in [9.17, 15) is 0 Å². The molecule has 0 unspecified atom stereocenters. The number of pyridine rings is 2. The maximum Gasteiger partial charge on any atom is 0.131 e. The van der Waals surface area contributed by atoms with Crippen LogP contribution in [-0.4, -0.2) is 9.97 Å². The minimum absolute atomic E-state index is 0.484. The Labute approximate surface area is 107 Å². The average molecular weight is 299 g/mol. The highest BCUT2D eigenvalue weighted by Gasteiger charge is 1.97. The lowest BCUT2D eigenvalue weighted by molar-refractivity contribution is 1.10. The first-order valence-electron chi connectivity index (χ1n) is 4.69. The standard InChI is InChI=1S/C11H9BrClN3/c12-9-3-8(5-14-7-9)6-16-10-1-2-15-11(13)4-10/h1-5,7H,6H2,(H,15,16). The molecule has 2 rings (SSSR count). The van der Waals surface area contributed by atoms with E-state index >= 15 is 0 Å². The van der Waals surface area contributed by atoms with Crippen molar-refractivity contribution in [2.75, 3.05) is 5.32 Å². The molecule has 0 spiro atoms. The topological polar surface area (TPSA) is 37.8 Å². The Morgan fingerprint density at radius 3 is 2.94 bits per heavy atom. The minimum Gasteiger partial charge on any atom is -0.381 e. The Hall–Kier alpha value is -1.13. The normalized spacial score (nSPS) is 10.1. The van der Waals surface area contributed by atoms with Crippen molar-refractivity contribution in [3.8, 4) is 0 Å². The molecule has 5 heteroatoms. The van der Waals surface area contributed by atoms with Crippen molar-refractivity contribution in [3.05, 3.63) is 52.0 Å². The summed E-state index contributed by atoms with van der Waals surface area (Å²) in [5.74, 6) is 0. The van der Waals surface area contributed by atoms with E-state index in [0.29, 0.717) is 11.7 Å². The number of nitrogens with zero attached hydrogens (tertiary/aromatic N) is 2. The summed E-state index contributed by atoms with van der Waals surface area (Å²) >= 11 is 9.16. The van der Waals surface area contributed by atoms with Gasteiger partial charge in [0.2, 0.25) is 0 Å². The number of anilines is 1. The van der Waals surface area contributed by atoms with Crippen LogP contribution in [0.4, 0.5) is 5.69 Å². The monoisotopic (exact) mass is 297 g/mol. The van der Waals surface area contributed by atoms with Crippen LogP contribution in [-0.2, 0) is 6.54 Å². The molecule has 82 valence electrons. The van der Waals surface area contributed by atoms with Gasteiger partial charge in [0.15, 0.2) is 0 Å². The van der Waals surface area contributed by atoms with Crippen molar-refractivity contribution in [2.24, 2.45) is 0 Å². The lowest BCUT2D eigenvalue weighted by Gasteiger charge is -2.06. The summed E-state index contributed by atoms with van der Waals surface area (Å²) in [5, 5.41) is 3.73. The zero-order valence-electron chi connectivity index (χ0n) is 8.32. The third-order valence-corrected chi connectivity index (χ3v) is 2.63. The molecule has 16 heavy (non-hydrogen) atoms. The molecule has 2 aromatic rings. The number of rotatable bonds is 3. The van der Waals surface area contributed by atoms with Crippen LogP contribution in [0, 0.1) is 0 Å². The minimum atomic E-state index is 0.484. The van der Waals surface area contributed by atoms with E-state index in [0.717, 1.165) is 15.7 Å². The number of halogens is 2.